The average molecular weight is 254 g/mol. The predicted molar refractivity (Wildman–Crippen MR) is 71.6 cm³/mol. The number of carbonyl (C=O) groups is 2. The topological polar surface area (TPSA) is 47.3 Å². The Kier molecular flexibility index (Phi) is 2.45. The van der Waals surface area contributed by atoms with E-state index in [2.05, 4.69) is 13.8 Å². The van der Waals surface area contributed by atoms with Crippen LogP contribution in [0.25, 0.3) is 11.3 Å². The Morgan fingerprint density at radius 2 is 1.63 bits per heavy atom. The Hall–Kier alpha value is -2.16. The molecule has 3 nitrogen and oxygen atoms in total. The van der Waals surface area contributed by atoms with Crippen molar-refractivity contribution in [3.8, 4) is 11.3 Å². The molecule has 0 fully saturated rings. The Balaban J connectivity index is 2.29. The summed E-state index contributed by atoms with van der Waals surface area (Å²) in [5.41, 5.74) is 2.61. The van der Waals surface area contributed by atoms with Crippen molar-refractivity contribution in [2.45, 2.75) is 26.7 Å². The molecule has 3 heteroatoms. The molecular weight excluding hydrogens is 240 g/mol. The van der Waals surface area contributed by atoms with Gasteiger partial charge < -0.3 is 4.42 Å². The molecule has 0 unspecified atom stereocenters. The number of ketones is 2. The van der Waals surface area contributed by atoms with Crippen molar-refractivity contribution in [1.29, 1.82) is 0 Å². The lowest BCUT2D eigenvalue weighted by Gasteiger charge is -2.15. The number of rotatable bonds is 1. The maximum atomic E-state index is 12.2. The van der Waals surface area contributed by atoms with Gasteiger partial charge in [-0.1, -0.05) is 26.0 Å². The van der Waals surface area contributed by atoms with Crippen molar-refractivity contribution in [2.24, 2.45) is 0 Å². The fourth-order valence-corrected chi connectivity index (χ4v) is 2.43. The highest BCUT2D eigenvalue weighted by Crippen LogP contribution is 2.36. The van der Waals surface area contributed by atoms with Crippen LogP contribution in [0, 0.1) is 6.92 Å². The first-order chi connectivity index (χ1) is 8.99. The maximum absolute atomic E-state index is 12.2. The molecule has 1 aromatic carbocycles. The van der Waals surface area contributed by atoms with Crippen LogP contribution < -0.4 is 0 Å². The van der Waals surface area contributed by atoms with Crippen LogP contribution in [0.2, 0.25) is 0 Å². The second kappa shape index (κ2) is 3.92. The molecule has 0 aliphatic heterocycles. The molecule has 1 aliphatic carbocycles. The van der Waals surface area contributed by atoms with Crippen LogP contribution in [0.3, 0.4) is 0 Å². The average Bonchev–Trinajstić information content (AvgIpc) is 2.77. The zero-order valence-electron chi connectivity index (χ0n) is 11.1. The lowest BCUT2D eigenvalue weighted by molar-refractivity contribution is 0.0814. The normalized spacial score (nSPS) is 13.7. The highest BCUT2D eigenvalue weighted by Gasteiger charge is 2.33. The number of furan rings is 1. The van der Waals surface area contributed by atoms with Crippen molar-refractivity contribution in [1.82, 2.24) is 0 Å². The van der Waals surface area contributed by atoms with Gasteiger partial charge in [-0.25, -0.2) is 0 Å². The van der Waals surface area contributed by atoms with Gasteiger partial charge in [-0.2, -0.15) is 0 Å². The van der Waals surface area contributed by atoms with Gasteiger partial charge in [-0.05, 0) is 30.5 Å². The lowest BCUT2D eigenvalue weighted by atomic mass is 9.86. The van der Waals surface area contributed by atoms with Gasteiger partial charge in [-0.15, -0.1) is 0 Å². The molecule has 19 heavy (non-hydrogen) atoms. The highest BCUT2D eigenvalue weighted by molar-refractivity contribution is 6.52. The van der Waals surface area contributed by atoms with Crippen LogP contribution in [0.4, 0.5) is 0 Å². The molecule has 1 heterocycles. The summed E-state index contributed by atoms with van der Waals surface area (Å²) in [6, 6.07) is 7.29. The van der Waals surface area contributed by atoms with Crippen LogP contribution in [-0.4, -0.2) is 11.6 Å². The van der Waals surface area contributed by atoms with E-state index in [9.17, 15) is 9.59 Å². The summed E-state index contributed by atoms with van der Waals surface area (Å²) in [5, 5.41) is 0. The molecule has 0 saturated carbocycles. The van der Waals surface area contributed by atoms with Gasteiger partial charge in [0.15, 0.2) is 0 Å². The summed E-state index contributed by atoms with van der Waals surface area (Å²) in [5.74, 6) is 0.568. The molecule has 96 valence electrons. The van der Waals surface area contributed by atoms with E-state index in [4.69, 9.17) is 4.42 Å². The van der Waals surface area contributed by atoms with Crippen molar-refractivity contribution < 1.29 is 14.0 Å². The summed E-state index contributed by atoms with van der Waals surface area (Å²) in [7, 11) is 0. The van der Waals surface area contributed by atoms with Gasteiger partial charge in [0.05, 0.1) is 5.56 Å². The van der Waals surface area contributed by atoms with Crippen molar-refractivity contribution in [3.63, 3.8) is 0 Å². The molecule has 2 aromatic rings. The zero-order chi connectivity index (χ0) is 13.7. The van der Waals surface area contributed by atoms with E-state index >= 15 is 0 Å². The molecule has 0 atom stereocenters. The van der Waals surface area contributed by atoms with Gasteiger partial charge in [-0.3, -0.25) is 9.59 Å². The Morgan fingerprint density at radius 1 is 0.947 bits per heavy atom. The largest absolute Gasteiger partial charge is 0.461 e. The molecule has 0 spiro atoms. The zero-order valence-corrected chi connectivity index (χ0v) is 11.1. The molecule has 0 radical (unpaired) electrons. The molecule has 0 saturated heterocycles. The maximum Gasteiger partial charge on any atom is 0.237 e. The Morgan fingerprint density at radius 3 is 2.32 bits per heavy atom. The van der Waals surface area contributed by atoms with Crippen LogP contribution in [-0.2, 0) is 0 Å². The van der Waals surface area contributed by atoms with Gasteiger partial charge in [0, 0.05) is 11.1 Å². The number of fused-ring (bicyclic) bond motifs is 3. The van der Waals surface area contributed by atoms with E-state index in [1.165, 1.54) is 0 Å². The highest BCUT2D eigenvalue weighted by atomic mass is 16.3. The third-order valence-corrected chi connectivity index (χ3v) is 3.51. The SMILES string of the molecule is Cc1cc2c(o1)-c1ccc(C(C)C)cc1C(=O)C2=O. The fourth-order valence-electron chi connectivity index (χ4n) is 2.43. The number of hydrogen-bond donors (Lipinski definition) is 0. The van der Waals surface area contributed by atoms with E-state index in [1.54, 1.807) is 19.1 Å². The lowest BCUT2D eigenvalue weighted by Crippen LogP contribution is -2.20. The molecule has 3 rings (SSSR count). The standard InChI is InChI=1S/C16H14O3/c1-8(2)10-4-5-11-12(7-10)14(17)15(18)13-6-9(3)19-16(11)13/h4-8H,1-3H3. The van der Waals surface area contributed by atoms with E-state index in [-0.39, 0.29) is 0 Å². The summed E-state index contributed by atoms with van der Waals surface area (Å²) in [6.07, 6.45) is 0. The summed E-state index contributed by atoms with van der Waals surface area (Å²) in [4.78, 5) is 24.2. The van der Waals surface area contributed by atoms with Gasteiger partial charge in [0.25, 0.3) is 0 Å². The second-order valence-corrected chi connectivity index (χ2v) is 5.22. The van der Waals surface area contributed by atoms with Gasteiger partial charge in [0.1, 0.15) is 11.5 Å². The van der Waals surface area contributed by atoms with E-state index < -0.39 is 11.6 Å². The van der Waals surface area contributed by atoms with Gasteiger partial charge >= 0.3 is 0 Å². The first-order valence-corrected chi connectivity index (χ1v) is 6.33. The Bertz CT molecular complexity index is 705. The van der Waals surface area contributed by atoms with Crippen LogP contribution in [0.15, 0.2) is 28.7 Å². The van der Waals surface area contributed by atoms with E-state index in [0.717, 1.165) is 11.1 Å². The number of carbonyl (C=O) groups excluding carboxylic acids is 2. The van der Waals surface area contributed by atoms with Crippen LogP contribution in [0.1, 0.15) is 51.8 Å². The monoisotopic (exact) mass is 254 g/mol. The number of Topliss-reactive ketones (excluding diaryl/α,β-unsaturated/α-hetero) is 2. The number of hydrogen-bond acceptors (Lipinski definition) is 3. The number of benzene rings is 1. The van der Waals surface area contributed by atoms with Crippen molar-refractivity contribution in [2.75, 3.05) is 0 Å². The molecule has 1 aromatic heterocycles. The van der Waals surface area contributed by atoms with Crippen LogP contribution >= 0.6 is 0 Å². The summed E-state index contributed by atoms with van der Waals surface area (Å²) in [6.45, 7) is 5.89. The molecular formula is C16H14O3. The third kappa shape index (κ3) is 1.65. The fraction of sp³-hybridized carbons (Fsp3) is 0.250. The quantitative estimate of drug-likeness (QED) is 0.728. The van der Waals surface area contributed by atoms with Gasteiger partial charge in [0.2, 0.25) is 11.6 Å². The van der Waals surface area contributed by atoms with Crippen molar-refractivity contribution in [3.05, 3.63) is 46.7 Å². The molecule has 0 N–H and O–H groups in total. The van der Waals surface area contributed by atoms with Crippen molar-refractivity contribution >= 4 is 11.6 Å². The third-order valence-electron chi connectivity index (χ3n) is 3.51. The summed E-state index contributed by atoms with van der Waals surface area (Å²) < 4.78 is 5.58. The molecule has 0 amide bonds. The first-order valence-electron chi connectivity index (χ1n) is 6.33. The summed E-state index contributed by atoms with van der Waals surface area (Å²) >= 11 is 0. The smallest absolute Gasteiger partial charge is 0.237 e. The Labute approximate surface area is 111 Å². The predicted octanol–water partition coefficient (Wildman–Crippen LogP) is 3.76. The molecule has 0 bridgehead atoms. The molecule has 1 aliphatic rings. The second-order valence-electron chi connectivity index (χ2n) is 5.22. The van der Waals surface area contributed by atoms with E-state index in [0.29, 0.717) is 28.6 Å². The van der Waals surface area contributed by atoms with Crippen LogP contribution in [0.5, 0.6) is 0 Å². The number of aryl methyl sites for hydroxylation is 1. The first kappa shape index (κ1) is 11.9. The minimum absolute atomic E-state index is 0.313. The minimum atomic E-state index is -0.472. The van der Waals surface area contributed by atoms with E-state index in [1.807, 2.05) is 12.1 Å². The minimum Gasteiger partial charge on any atom is -0.461 e.